The molecule has 156 valence electrons. The third kappa shape index (κ3) is 5.16. The molecule has 2 atom stereocenters. The van der Waals surface area contributed by atoms with Crippen molar-refractivity contribution in [1.82, 2.24) is 20.5 Å². The first-order chi connectivity index (χ1) is 14.2. The quantitative estimate of drug-likeness (QED) is 0.746. The number of nitrogens with one attached hydrogen (secondary N) is 2. The van der Waals surface area contributed by atoms with Crippen LogP contribution in [0.25, 0.3) is 11.3 Å². The number of hydrogen-bond donors (Lipinski definition) is 2. The largest absolute Gasteiger partial charge is 0.497 e. The summed E-state index contributed by atoms with van der Waals surface area (Å²) in [5, 5.41) is 6.39. The van der Waals surface area contributed by atoms with Gasteiger partial charge in [-0.25, -0.2) is 4.98 Å². The van der Waals surface area contributed by atoms with Gasteiger partial charge in [0.15, 0.2) is 5.76 Å². The summed E-state index contributed by atoms with van der Waals surface area (Å²) in [5.41, 5.74) is 0.990. The molecule has 0 bridgehead atoms. The normalized spacial score (nSPS) is 22.5. The lowest BCUT2D eigenvalue weighted by atomic mass is 9.98. The Hall–Kier alpha value is -2.38. The molecule has 1 aromatic carbocycles. The Morgan fingerprint density at radius 1 is 1.31 bits per heavy atom. The third-order valence-electron chi connectivity index (χ3n) is 5.83. The van der Waals surface area contributed by atoms with E-state index in [1.807, 2.05) is 24.3 Å². The summed E-state index contributed by atoms with van der Waals surface area (Å²) in [5.74, 6) is 2.95. The first-order valence-corrected chi connectivity index (χ1v) is 10.5. The summed E-state index contributed by atoms with van der Waals surface area (Å²) >= 11 is 0. The number of carbonyl (C=O) groups is 1. The minimum absolute atomic E-state index is 0.00149. The van der Waals surface area contributed by atoms with E-state index in [0.717, 1.165) is 74.8 Å². The van der Waals surface area contributed by atoms with E-state index in [1.54, 1.807) is 13.3 Å². The highest BCUT2D eigenvalue weighted by Crippen LogP contribution is 2.24. The highest BCUT2D eigenvalue weighted by atomic mass is 16.5. The highest BCUT2D eigenvalue weighted by Gasteiger charge is 2.25. The van der Waals surface area contributed by atoms with Crippen molar-refractivity contribution in [1.29, 1.82) is 0 Å². The van der Waals surface area contributed by atoms with Crippen LogP contribution in [0, 0.1) is 5.92 Å². The van der Waals surface area contributed by atoms with Crippen molar-refractivity contribution in [2.75, 3.05) is 33.3 Å². The van der Waals surface area contributed by atoms with E-state index in [4.69, 9.17) is 9.15 Å². The molecule has 2 aliphatic rings. The summed E-state index contributed by atoms with van der Waals surface area (Å²) in [4.78, 5) is 19.1. The second kappa shape index (κ2) is 9.41. The van der Waals surface area contributed by atoms with Crippen molar-refractivity contribution in [3.63, 3.8) is 0 Å². The Bertz CT molecular complexity index is 799. The molecule has 2 aliphatic heterocycles. The van der Waals surface area contributed by atoms with Gasteiger partial charge in [-0.15, -0.1) is 0 Å². The van der Waals surface area contributed by atoms with Gasteiger partial charge in [-0.2, -0.15) is 0 Å². The number of benzene rings is 1. The standard InChI is InChI=1S/C22H30N4O3/c1-28-18-8-6-17(7-9-18)20-13-24-21(29-20)15-26-11-3-4-16(14-26)12-25-22(27)19-5-2-10-23-19/h6-9,13,16,19,23H,2-5,10-12,14-15H2,1H3,(H,25,27). The van der Waals surface area contributed by atoms with Crippen molar-refractivity contribution in [2.45, 2.75) is 38.3 Å². The Morgan fingerprint density at radius 2 is 2.17 bits per heavy atom. The smallest absolute Gasteiger partial charge is 0.237 e. The fraction of sp³-hybridized carbons (Fsp3) is 0.545. The van der Waals surface area contributed by atoms with E-state index in [2.05, 4.69) is 20.5 Å². The first kappa shape index (κ1) is 19.9. The van der Waals surface area contributed by atoms with Gasteiger partial charge >= 0.3 is 0 Å². The average Bonchev–Trinajstić information content (AvgIpc) is 3.45. The number of likely N-dealkylation sites (tertiary alicyclic amines) is 1. The predicted octanol–water partition coefficient (Wildman–Crippen LogP) is 2.43. The molecule has 0 aliphatic carbocycles. The van der Waals surface area contributed by atoms with E-state index in [-0.39, 0.29) is 11.9 Å². The van der Waals surface area contributed by atoms with E-state index in [1.165, 1.54) is 0 Å². The van der Waals surface area contributed by atoms with Gasteiger partial charge in [-0.3, -0.25) is 9.69 Å². The fourth-order valence-corrected chi connectivity index (χ4v) is 4.20. The minimum atomic E-state index is -0.00149. The van der Waals surface area contributed by atoms with E-state index < -0.39 is 0 Å². The van der Waals surface area contributed by atoms with Crippen LogP contribution in [0.4, 0.5) is 0 Å². The first-order valence-electron chi connectivity index (χ1n) is 10.5. The van der Waals surface area contributed by atoms with Crippen molar-refractivity contribution in [3.8, 4) is 17.1 Å². The lowest BCUT2D eigenvalue weighted by Crippen LogP contribution is -2.45. The second-order valence-electron chi connectivity index (χ2n) is 7.98. The van der Waals surface area contributed by atoms with Gasteiger partial charge in [0.2, 0.25) is 11.8 Å². The molecule has 29 heavy (non-hydrogen) atoms. The molecule has 7 nitrogen and oxygen atoms in total. The van der Waals surface area contributed by atoms with E-state index >= 15 is 0 Å². The number of carbonyl (C=O) groups excluding carboxylic acids is 1. The number of ether oxygens (including phenoxy) is 1. The molecule has 2 fully saturated rings. The van der Waals surface area contributed by atoms with Gasteiger partial charge in [-0.05, 0) is 69.0 Å². The molecule has 3 heterocycles. The SMILES string of the molecule is COc1ccc(-c2cnc(CN3CCCC(CNC(=O)C4CCCN4)C3)o2)cc1. The van der Waals surface area contributed by atoms with Crippen LogP contribution < -0.4 is 15.4 Å². The molecular weight excluding hydrogens is 368 g/mol. The van der Waals surface area contributed by atoms with Crippen molar-refractivity contribution in [3.05, 3.63) is 36.4 Å². The van der Waals surface area contributed by atoms with Gasteiger partial charge in [0.05, 0.1) is 25.9 Å². The molecule has 2 aromatic rings. The Morgan fingerprint density at radius 3 is 2.93 bits per heavy atom. The van der Waals surface area contributed by atoms with E-state index in [0.29, 0.717) is 12.5 Å². The van der Waals surface area contributed by atoms with Crippen molar-refractivity contribution in [2.24, 2.45) is 5.92 Å². The zero-order valence-electron chi connectivity index (χ0n) is 17.0. The number of piperidine rings is 1. The summed E-state index contributed by atoms with van der Waals surface area (Å²) in [6.07, 6.45) is 6.10. The van der Waals surface area contributed by atoms with Gasteiger partial charge in [0.1, 0.15) is 5.75 Å². The number of methoxy groups -OCH3 is 1. The Balaban J connectivity index is 1.28. The molecule has 1 aromatic heterocycles. The van der Waals surface area contributed by atoms with Crippen LogP contribution in [0.5, 0.6) is 5.75 Å². The topological polar surface area (TPSA) is 79.6 Å². The number of aromatic nitrogens is 1. The fourth-order valence-electron chi connectivity index (χ4n) is 4.20. The van der Waals surface area contributed by atoms with Crippen LogP contribution >= 0.6 is 0 Å². The molecule has 1 amide bonds. The third-order valence-corrected chi connectivity index (χ3v) is 5.83. The zero-order valence-corrected chi connectivity index (χ0v) is 17.0. The maximum atomic E-state index is 12.2. The predicted molar refractivity (Wildman–Crippen MR) is 111 cm³/mol. The lowest BCUT2D eigenvalue weighted by molar-refractivity contribution is -0.123. The Kier molecular flexibility index (Phi) is 6.46. The number of nitrogens with zero attached hydrogens (tertiary/aromatic N) is 2. The molecule has 2 saturated heterocycles. The van der Waals surface area contributed by atoms with Crippen LogP contribution in [0.1, 0.15) is 31.6 Å². The zero-order chi connectivity index (χ0) is 20.1. The molecule has 2 unspecified atom stereocenters. The van der Waals surface area contributed by atoms with Gasteiger partial charge in [-0.1, -0.05) is 0 Å². The summed E-state index contributed by atoms with van der Waals surface area (Å²) < 4.78 is 11.2. The van der Waals surface area contributed by atoms with Crippen molar-refractivity contribution < 1.29 is 13.9 Å². The highest BCUT2D eigenvalue weighted by molar-refractivity contribution is 5.81. The molecule has 0 spiro atoms. The van der Waals surface area contributed by atoms with Crippen LogP contribution in [-0.2, 0) is 11.3 Å². The van der Waals surface area contributed by atoms with Crippen molar-refractivity contribution >= 4 is 5.91 Å². The average molecular weight is 399 g/mol. The molecular formula is C22H30N4O3. The molecule has 4 rings (SSSR count). The number of oxazole rings is 1. The monoisotopic (exact) mass is 398 g/mol. The van der Waals surface area contributed by atoms with Gasteiger partial charge in [0, 0.05) is 18.7 Å². The molecule has 0 saturated carbocycles. The maximum absolute atomic E-state index is 12.2. The van der Waals surface area contributed by atoms with Gasteiger partial charge in [0.25, 0.3) is 0 Å². The second-order valence-corrected chi connectivity index (χ2v) is 7.98. The molecule has 7 heteroatoms. The van der Waals surface area contributed by atoms with Crippen LogP contribution in [0.2, 0.25) is 0 Å². The van der Waals surface area contributed by atoms with Crippen LogP contribution in [-0.4, -0.2) is 55.1 Å². The number of rotatable bonds is 7. The molecule has 2 N–H and O–H groups in total. The maximum Gasteiger partial charge on any atom is 0.237 e. The van der Waals surface area contributed by atoms with Gasteiger partial charge < -0.3 is 19.8 Å². The summed E-state index contributed by atoms with van der Waals surface area (Å²) in [7, 11) is 1.66. The minimum Gasteiger partial charge on any atom is -0.497 e. The summed E-state index contributed by atoms with van der Waals surface area (Å²) in [6, 6.07) is 7.78. The van der Waals surface area contributed by atoms with Crippen LogP contribution in [0.15, 0.2) is 34.9 Å². The van der Waals surface area contributed by atoms with Crippen LogP contribution in [0.3, 0.4) is 0 Å². The van der Waals surface area contributed by atoms with E-state index in [9.17, 15) is 4.79 Å². The Labute approximate surface area is 171 Å². The number of amides is 1. The summed E-state index contributed by atoms with van der Waals surface area (Å²) in [6.45, 7) is 4.39. The number of hydrogen-bond acceptors (Lipinski definition) is 6. The lowest BCUT2D eigenvalue weighted by Gasteiger charge is -2.32. The molecule has 0 radical (unpaired) electrons.